The molecule has 0 aliphatic rings. The first-order valence-corrected chi connectivity index (χ1v) is 2.58. The van der Waals surface area contributed by atoms with Crippen LogP contribution in [0.25, 0.3) is 0 Å². The molecule has 2 radical (unpaired) electrons. The summed E-state index contributed by atoms with van der Waals surface area (Å²) in [4.78, 5) is 0. The van der Waals surface area contributed by atoms with Crippen molar-refractivity contribution in [2.75, 3.05) is 0 Å². The summed E-state index contributed by atoms with van der Waals surface area (Å²) >= 11 is 4.67. The van der Waals surface area contributed by atoms with E-state index in [1.807, 2.05) is 0 Å². The Labute approximate surface area is 74.2 Å². The highest BCUT2D eigenvalue weighted by Crippen LogP contribution is 1.86. The molecule has 0 spiro atoms. The summed E-state index contributed by atoms with van der Waals surface area (Å²) in [6.07, 6.45) is 1.49. The smallest absolute Gasteiger partial charge is 0.142 e. The maximum Gasteiger partial charge on any atom is 0.142 e. The van der Waals surface area contributed by atoms with Crippen LogP contribution >= 0.6 is 12.2 Å². The molecule has 0 fully saturated rings. The zero-order valence-electron chi connectivity index (χ0n) is 4.82. The van der Waals surface area contributed by atoms with Gasteiger partial charge in [-0.15, -0.1) is 0 Å². The van der Waals surface area contributed by atoms with Crippen molar-refractivity contribution in [2.45, 2.75) is 0 Å². The lowest BCUT2D eigenvalue weighted by atomic mass is 10.5. The largest absolute Gasteiger partial charge is 0.428 e. The summed E-state index contributed by atoms with van der Waals surface area (Å²) in [6.45, 7) is 0. The molecule has 0 saturated carbocycles. The first-order chi connectivity index (χ1) is 3.80. The minimum Gasteiger partial charge on any atom is -0.428 e. The topological polar surface area (TPSA) is 25.2 Å². The van der Waals surface area contributed by atoms with Crippen LogP contribution in [-0.4, -0.2) is 33.0 Å². The molecule has 0 aliphatic carbocycles. The highest BCUT2D eigenvalue weighted by atomic mass is 32.1. The lowest BCUT2D eigenvalue weighted by Gasteiger charge is -1.90. The maximum absolute atomic E-state index is 8.73. The normalized spacial score (nSPS) is 8.00. The average molecular weight is 151 g/mol. The van der Waals surface area contributed by atoms with Crippen LogP contribution in [0.2, 0.25) is 0 Å². The molecule has 1 N–H and O–H groups in total. The molecule has 2 nitrogen and oxygen atoms in total. The maximum atomic E-state index is 8.73. The zero-order valence-corrected chi connectivity index (χ0v) is 7.05. The summed E-state index contributed by atoms with van der Waals surface area (Å²) in [5, 5.41) is 8.73. The van der Waals surface area contributed by atoms with E-state index >= 15 is 0 Å². The number of nitrogens with zero attached hydrogens (tertiary/aromatic N) is 1. The van der Waals surface area contributed by atoms with Gasteiger partial charge < -0.3 is 5.21 Å². The van der Waals surface area contributed by atoms with E-state index in [2.05, 4.69) is 12.2 Å². The molecule has 44 valence electrons. The molecule has 1 aromatic rings. The van der Waals surface area contributed by atoms with Crippen molar-refractivity contribution < 1.29 is 5.21 Å². The molecule has 4 heteroatoms. The predicted octanol–water partition coefficient (Wildman–Crippen LogP) is 1.07. The van der Waals surface area contributed by atoms with Crippen molar-refractivity contribution in [1.82, 2.24) is 4.73 Å². The number of hydrogen-bond acceptors (Lipinski definition) is 2. The van der Waals surface area contributed by atoms with Crippen molar-refractivity contribution in [3.05, 3.63) is 29.0 Å². The number of hydrogen-bond donors (Lipinski definition) is 1. The molecule has 0 bridgehead atoms. The Balaban J connectivity index is 0.000000640. The van der Waals surface area contributed by atoms with Gasteiger partial charge in [0.2, 0.25) is 0 Å². The fourth-order valence-electron chi connectivity index (χ4n) is 0.419. The SMILES string of the molecule is On1ccccc1=S.[Mg]. The van der Waals surface area contributed by atoms with Crippen molar-refractivity contribution in [3.63, 3.8) is 0 Å². The van der Waals surface area contributed by atoms with E-state index in [0.29, 0.717) is 4.64 Å². The summed E-state index contributed by atoms with van der Waals surface area (Å²) in [6, 6.07) is 5.13. The number of aromatic nitrogens is 1. The highest BCUT2D eigenvalue weighted by molar-refractivity contribution is 7.71. The lowest BCUT2D eigenvalue weighted by molar-refractivity contribution is 0.180. The van der Waals surface area contributed by atoms with Crippen molar-refractivity contribution in [3.8, 4) is 0 Å². The van der Waals surface area contributed by atoms with E-state index in [1.165, 1.54) is 6.20 Å². The van der Waals surface area contributed by atoms with Crippen LogP contribution in [0.1, 0.15) is 0 Å². The van der Waals surface area contributed by atoms with Gasteiger partial charge in [-0.1, -0.05) is 18.3 Å². The molecule has 0 saturated heterocycles. The molecule has 0 unspecified atom stereocenters. The van der Waals surface area contributed by atoms with Crippen molar-refractivity contribution >= 4 is 35.3 Å². The van der Waals surface area contributed by atoms with Gasteiger partial charge in [0.05, 0.1) is 0 Å². The fraction of sp³-hybridized carbons (Fsp3) is 0. The van der Waals surface area contributed by atoms with E-state index in [1.54, 1.807) is 18.2 Å². The monoisotopic (exact) mass is 151 g/mol. The standard InChI is InChI=1S/C5H5NOS.Mg/c7-6-4-2-1-3-5(6)8;/h1-4,7H;. The Morgan fingerprint density at radius 3 is 2.44 bits per heavy atom. The lowest BCUT2D eigenvalue weighted by Crippen LogP contribution is -1.89. The molecule has 1 aromatic heterocycles. The van der Waals surface area contributed by atoms with Crippen LogP contribution < -0.4 is 0 Å². The first-order valence-electron chi connectivity index (χ1n) is 2.17. The molecule has 1 heterocycles. The van der Waals surface area contributed by atoms with Crippen LogP contribution in [0.4, 0.5) is 0 Å². The molecule has 0 amide bonds. The third-order valence-corrected chi connectivity index (χ3v) is 1.13. The first kappa shape index (κ1) is 8.94. The minimum absolute atomic E-state index is 0. The Hall–Kier alpha value is -0.0638. The van der Waals surface area contributed by atoms with Gasteiger partial charge in [-0.3, -0.25) is 0 Å². The molecule has 0 aromatic carbocycles. The van der Waals surface area contributed by atoms with Crippen LogP contribution in [0, 0.1) is 4.64 Å². The van der Waals surface area contributed by atoms with Crippen LogP contribution in [0.15, 0.2) is 24.4 Å². The van der Waals surface area contributed by atoms with Gasteiger partial charge >= 0.3 is 0 Å². The third kappa shape index (κ3) is 2.34. The Morgan fingerprint density at radius 1 is 1.44 bits per heavy atom. The summed E-state index contributed by atoms with van der Waals surface area (Å²) in [5.74, 6) is 0. The van der Waals surface area contributed by atoms with Gasteiger partial charge in [0.25, 0.3) is 0 Å². The van der Waals surface area contributed by atoms with Gasteiger partial charge in [-0.2, -0.15) is 4.73 Å². The molecular formula is C5H5MgNOS. The summed E-state index contributed by atoms with van der Waals surface area (Å²) < 4.78 is 1.32. The quantitative estimate of drug-likeness (QED) is 0.341. The van der Waals surface area contributed by atoms with E-state index in [-0.39, 0.29) is 23.1 Å². The van der Waals surface area contributed by atoms with E-state index in [0.717, 1.165) is 4.73 Å². The fourth-order valence-corrected chi connectivity index (χ4v) is 0.558. The second kappa shape index (κ2) is 3.87. The summed E-state index contributed by atoms with van der Waals surface area (Å²) in [7, 11) is 0. The van der Waals surface area contributed by atoms with Crippen molar-refractivity contribution in [2.24, 2.45) is 0 Å². The molecule has 0 atom stereocenters. The molecular weight excluding hydrogens is 146 g/mol. The van der Waals surface area contributed by atoms with Crippen LogP contribution in [-0.2, 0) is 0 Å². The van der Waals surface area contributed by atoms with Crippen LogP contribution in [0.5, 0.6) is 0 Å². The molecule has 1 rings (SSSR count). The van der Waals surface area contributed by atoms with Crippen LogP contribution in [0.3, 0.4) is 0 Å². The minimum atomic E-state index is 0. The van der Waals surface area contributed by atoms with E-state index in [9.17, 15) is 0 Å². The van der Waals surface area contributed by atoms with Crippen molar-refractivity contribution in [1.29, 1.82) is 0 Å². The van der Waals surface area contributed by atoms with E-state index < -0.39 is 0 Å². The van der Waals surface area contributed by atoms with Gasteiger partial charge in [-0.25, -0.2) is 0 Å². The average Bonchev–Trinajstić information content (AvgIpc) is 1.77. The number of pyridine rings is 1. The highest BCUT2D eigenvalue weighted by Gasteiger charge is 1.77. The van der Waals surface area contributed by atoms with Gasteiger partial charge in [0, 0.05) is 29.2 Å². The van der Waals surface area contributed by atoms with E-state index in [4.69, 9.17) is 5.21 Å². The third-order valence-electron chi connectivity index (χ3n) is 0.803. The summed E-state index contributed by atoms with van der Waals surface area (Å²) in [5.41, 5.74) is 0. The van der Waals surface area contributed by atoms with Gasteiger partial charge in [-0.05, 0) is 12.1 Å². The molecule has 9 heavy (non-hydrogen) atoms. The zero-order chi connectivity index (χ0) is 5.98. The second-order valence-corrected chi connectivity index (χ2v) is 1.80. The Kier molecular flexibility index (Phi) is 3.84. The second-order valence-electron chi connectivity index (χ2n) is 1.38. The van der Waals surface area contributed by atoms with Gasteiger partial charge in [0.15, 0.2) is 0 Å². The predicted molar refractivity (Wildman–Crippen MR) is 38.2 cm³/mol. The Bertz CT molecular complexity index is 234. The molecule has 0 aliphatic heterocycles. The Morgan fingerprint density at radius 2 is 2.11 bits per heavy atom. The van der Waals surface area contributed by atoms with Gasteiger partial charge in [0.1, 0.15) is 4.64 Å². The number of rotatable bonds is 0.